The number of anilines is 1. The Hall–Kier alpha value is -3.54. The van der Waals surface area contributed by atoms with Crippen molar-refractivity contribution in [1.82, 2.24) is 9.97 Å². The molecule has 6 heteroatoms. The molecule has 0 atom stereocenters. The fourth-order valence-electron chi connectivity index (χ4n) is 3.05. The van der Waals surface area contributed by atoms with Crippen molar-refractivity contribution in [2.75, 3.05) is 12.4 Å². The number of fused-ring (bicyclic) bond motifs is 2. The van der Waals surface area contributed by atoms with Crippen molar-refractivity contribution in [3.63, 3.8) is 0 Å². The monoisotopic (exact) mass is 347 g/mol. The molecule has 6 nitrogen and oxygen atoms in total. The topological polar surface area (TPSA) is 87.0 Å². The van der Waals surface area contributed by atoms with Crippen LogP contribution in [0.3, 0.4) is 0 Å². The summed E-state index contributed by atoms with van der Waals surface area (Å²) in [6.07, 6.45) is 1.43. The summed E-state index contributed by atoms with van der Waals surface area (Å²) in [6.45, 7) is 1.97. The molecule has 0 bridgehead atoms. The highest BCUT2D eigenvalue weighted by molar-refractivity contribution is 6.06. The minimum atomic E-state index is -0.449. The van der Waals surface area contributed by atoms with E-state index in [1.54, 1.807) is 31.4 Å². The fraction of sp³-hybridized carbons (Fsp3) is 0.100. The van der Waals surface area contributed by atoms with Gasteiger partial charge in [-0.05, 0) is 43.3 Å². The Labute approximate surface area is 148 Å². The van der Waals surface area contributed by atoms with Gasteiger partial charge in [0.25, 0.3) is 5.91 Å². The normalized spacial score (nSPS) is 11.0. The third-order valence-corrected chi connectivity index (χ3v) is 4.35. The second-order valence-electron chi connectivity index (χ2n) is 6.15. The highest BCUT2D eigenvalue weighted by Crippen LogP contribution is 2.21. The van der Waals surface area contributed by atoms with E-state index in [-0.39, 0.29) is 11.0 Å². The van der Waals surface area contributed by atoms with Crippen LogP contribution in [0.1, 0.15) is 16.1 Å². The van der Waals surface area contributed by atoms with E-state index in [2.05, 4.69) is 15.3 Å². The molecule has 1 amide bonds. The second kappa shape index (κ2) is 6.07. The van der Waals surface area contributed by atoms with E-state index in [0.29, 0.717) is 22.3 Å². The van der Waals surface area contributed by atoms with Crippen molar-refractivity contribution in [2.45, 2.75) is 6.92 Å². The van der Waals surface area contributed by atoms with E-state index < -0.39 is 5.91 Å². The molecule has 2 aromatic carbocycles. The van der Waals surface area contributed by atoms with Gasteiger partial charge in [0.15, 0.2) is 0 Å². The first-order valence-electron chi connectivity index (χ1n) is 8.15. The first-order valence-corrected chi connectivity index (χ1v) is 8.15. The molecule has 2 heterocycles. The van der Waals surface area contributed by atoms with E-state index >= 15 is 0 Å². The van der Waals surface area contributed by atoms with Crippen LogP contribution in [0.5, 0.6) is 5.75 Å². The Morgan fingerprint density at radius 3 is 2.73 bits per heavy atom. The summed E-state index contributed by atoms with van der Waals surface area (Å²) in [5.41, 5.74) is 3.04. The SMILES string of the molecule is COc1ccc2c(=O)c(C(=O)Nc3ccc4[nH]c(C)cc4c3)c[nH]c2c1. The van der Waals surface area contributed by atoms with Crippen LogP contribution in [0, 0.1) is 6.92 Å². The van der Waals surface area contributed by atoms with E-state index in [9.17, 15) is 9.59 Å². The summed E-state index contributed by atoms with van der Waals surface area (Å²) < 4.78 is 5.15. The molecule has 0 aliphatic heterocycles. The maximum absolute atomic E-state index is 12.6. The number of hydrogen-bond acceptors (Lipinski definition) is 3. The minimum absolute atomic E-state index is 0.0630. The zero-order valence-corrected chi connectivity index (χ0v) is 14.3. The van der Waals surface area contributed by atoms with Gasteiger partial charge in [-0.25, -0.2) is 0 Å². The van der Waals surface area contributed by atoms with Crippen LogP contribution in [0.25, 0.3) is 21.8 Å². The van der Waals surface area contributed by atoms with Crippen molar-refractivity contribution in [2.24, 2.45) is 0 Å². The number of nitrogens with one attached hydrogen (secondary N) is 3. The number of aromatic nitrogens is 2. The summed E-state index contributed by atoms with van der Waals surface area (Å²) in [5, 5.41) is 4.23. The van der Waals surface area contributed by atoms with E-state index in [4.69, 9.17) is 4.74 Å². The number of aryl methyl sites for hydroxylation is 1. The van der Waals surface area contributed by atoms with Crippen LogP contribution in [0.15, 0.2) is 53.5 Å². The van der Waals surface area contributed by atoms with Crippen LogP contribution in [-0.4, -0.2) is 23.0 Å². The molecule has 0 unspecified atom stereocenters. The number of carbonyl (C=O) groups excluding carboxylic acids is 1. The molecule has 4 rings (SSSR count). The molecule has 0 aliphatic rings. The lowest BCUT2D eigenvalue weighted by Gasteiger charge is -2.07. The minimum Gasteiger partial charge on any atom is -0.497 e. The molecule has 0 radical (unpaired) electrons. The van der Waals surface area contributed by atoms with Crippen LogP contribution in [0.2, 0.25) is 0 Å². The number of amides is 1. The van der Waals surface area contributed by atoms with E-state index in [1.165, 1.54) is 6.20 Å². The first kappa shape index (κ1) is 16.0. The third-order valence-electron chi connectivity index (χ3n) is 4.35. The number of ether oxygens (including phenoxy) is 1. The van der Waals surface area contributed by atoms with Gasteiger partial charge in [0.1, 0.15) is 11.3 Å². The molecule has 26 heavy (non-hydrogen) atoms. The number of aromatic amines is 2. The molecule has 0 aliphatic carbocycles. The highest BCUT2D eigenvalue weighted by Gasteiger charge is 2.14. The van der Waals surface area contributed by atoms with Gasteiger partial charge in [0, 0.05) is 39.9 Å². The van der Waals surface area contributed by atoms with Gasteiger partial charge >= 0.3 is 0 Å². The molecule has 130 valence electrons. The van der Waals surface area contributed by atoms with Gasteiger partial charge < -0.3 is 20.0 Å². The molecule has 3 N–H and O–H groups in total. The summed E-state index contributed by atoms with van der Waals surface area (Å²) >= 11 is 0. The second-order valence-corrected chi connectivity index (χ2v) is 6.15. The molecule has 0 saturated carbocycles. The lowest BCUT2D eigenvalue weighted by Crippen LogP contribution is -2.21. The summed E-state index contributed by atoms with van der Waals surface area (Å²) in [7, 11) is 1.56. The number of methoxy groups -OCH3 is 1. The Balaban J connectivity index is 1.68. The molecule has 2 aromatic heterocycles. The molecule has 0 saturated heterocycles. The average Bonchev–Trinajstić information content (AvgIpc) is 3.00. The van der Waals surface area contributed by atoms with Crippen molar-refractivity contribution in [3.8, 4) is 5.75 Å². The van der Waals surface area contributed by atoms with Gasteiger partial charge in [-0.2, -0.15) is 0 Å². The average molecular weight is 347 g/mol. The van der Waals surface area contributed by atoms with Gasteiger partial charge in [-0.1, -0.05) is 0 Å². The smallest absolute Gasteiger partial charge is 0.261 e. The van der Waals surface area contributed by atoms with Gasteiger partial charge in [0.05, 0.1) is 12.6 Å². The first-order chi connectivity index (χ1) is 12.5. The van der Waals surface area contributed by atoms with Gasteiger partial charge in [-0.3, -0.25) is 9.59 Å². The number of carbonyl (C=O) groups is 1. The Morgan fingerprint density at radius 2 is 1.92 bits per heavy atom. The van der Waals surface area contributed by atoms with Gasteiger partial charge in [0.2, 0.25) is 5.43 Å². The lowest BCUT2D eigenvalue weighted by molar-refractivity contribution is 0.102. The van der Waals surface area contributed by atoms with E-state index in [1.807, 2.05) is 25.1 Å². The van der Waals surface area contributed by atoms with E-state index in [0.717, 1.165) is 16.6 Å². The predicted octanol–water partition coefficient (Wildman–Crippen LogP) is 3.58. The predicted molar refractivity (Wildman–Crippen MR) is 102 cm³/mol. The number of pyridine rings is 1. The molecular formula is C20H17N3O3. The van der Waals surface area contributed by atoms with Crippen molar-refractivity contribution < 1.29 is 9.53 Å². The Morgan fingerprint density at radius 1 is 1.08 bits per heavy atom. The quantitative estimate of drug-likeness (QED) is 0.529. The standard InChI is InChI=1S/C20H17N3O3/c1-11-7-12-8-13(3-6-17(12)22-11)23-20(25)16-10-21-18-9-14(26-2)4-5-15(18)19(16)24/h3-10,22H,1-2H3,(H,21,24)(H,23,25). The fourth-order valence-corrected chi connectivity index (χ4v) is 3.05. The molecule has 0 spiro atoms. The number of benzene rings is 2. The maximum atomic E-state index is 12.6. The third kappa shape index (κ3) is 2.71. The lowest BCUT2D eigenvalue weighted by atomic mass is 10.1. The van der Waals surface area contributed by atoms with Crippen molar-refractivity contribution in [1.29, 1.82) is 0 Å². The number of rotatable bonds is 3. The van der Waals surface area contributed by atoms with Crippen molar-refractivity contribution in [3.05, 3.63) is 70.1 Å². The Bertz CT molecular complexity index is 1200. The maximum Gasteiger partial charge on any atom is 0.261 e. The van der Waals surface area contributed by atoms with Crippen LogP contribution >= 0.6 is 0 Å². The molecular weight excluding hydrogens is 330 g/mol. The molecule has 0 fully saturated rings. The summed E-state index contributed by atoms with van der Waals surface area (Å²) in [5.74, 6) is 0.191. The van der Waals surface area contributed by atoms with Crippen LogP contribution in [-0.2, 0) is 0 Å². The Kier molecular flexibility index (Phi) is 3.73. The molecule has 4 aromatic rings. The zero-order chi connectivity index (χ0) is 18.3. The number of H-pyrrole nitrogens is 2. The largest absolute Gasteiger partial charge is 0.497 e. The zero-order valence-electron chi connectivity index (χ0n) is 14.3. The summed E-state index contributed by atoms with van der Waals surface area (Å²) in [6, 6.07) is 12.6. The van der Waals surface area contributed by atoms with Gasteiger partial charge in [-0.15, -0.1) is 0 Å². The summed E-state index contributed by atoms with van der Waals surface area (Å²) in [4.78, 5) is 31.4. The van der Waals surface area contributed by atoms with Crippen LogP contribution < -0.4 is 15.5 Å². The number of hydrogen-bond donors (Lipinski definition) is 3. The van der Waals surface area contributed by atoms with Crippen LogP contribution in [0.4, 0.5) is 5.69 Å². The highest BCUT2D eigenvalue weighted by atomic mass is 16.5. The van der Waals surface area contributed by atoms with Crippen molar-refractivity contribution >= 4 is 33.4 Å².